The van der Waals surface area contributed by atoms with Crippen molar-refractivity contribution in [3.8, 4) is 11.1 Å². The lowest BCUT2D eigenvalue weighted by atomic mass is 9.81. The third-order valence-corrected chi connectivity index (χ3v) is 4.58. The van der Waals surface area contributed by atoms with Crippen LogP contribution in [0, 0.1) is 5.82 Å². The molecule has 3 aromatic rings. The van der Waals surface area contributed by atoms with Crippen molar-refractivity contribution in [3.63, 3.8) is 0 Å². The number of hydrogen-bond acceptors (Lipinski definition) is 3. The molecular formula is C21H23FN4O. The van der Waals surface area contributed by atoms with E-state index >= 15 is 0 Å². The molecule has 0 saturated heterocycles. The highest BCUT2D eigenvalue weighted by atomic mass is 19.1. The second-order valence-corrected chi connectivity index (χ2v) is 7.10. The molecule has 0 atom stereocenters. The number of aliphatic imine (C=N–C) groups is 1. The van der Waals surface area contributed by atoms with Crippen molar-refractivity contribution >= 4 is 11.8 Å². The lowest BCUT2D eigenvalue weighted by molar-refractivity contribution is 0.341. The maximum atomic E-state index is 14.8. The van der Waals surface area contributed by atoms with Gasteiger partial charge >= 0.3 is 0 Å². The van der Waals surface area contributed by atoms with E-state index in [4.69, 9.17) is 10.3 Å². The van der Waals surface area contributed by atoms with Gasteiger partial charge in [0.05, 0.1) is 5.41 Å². The predicted molar refractivity (Wildman–Crippen MR) is 105 cm³/mol. The van der Waals surface area contributed by atoms with Crippen LogP contribution >= 0.6 is 0 Å². The lowest BCUT2D eigenvalue weighted by Crippen LogP contribution is -2.29. The Labute approximate surface area is 158 Å². The first-order chi connectivity index (χ1) is 12.8. The molecule has 1 aromatic heterocycles. The Morgan fingerprint density at radius 1 is 1.11 bits per heavy atom. The van der Waals surface area contributed by atoms with Crippen molar-refractivity contribution in [2.45, 2.75) is 19.3 Å². The summed E-state index contributed by atoms with van der Waals surface area (Å²) in [5.41, 5.74) is 7.43. The van der Waals surface area contributed by atoms with Crippen molar-refractivity contribution < 1.29 is 8.91 Å². The highest BCUT2D eigenvalue weighted by molar-refractivity contribution is 5.80. The quantitative estimate of drug-likeness (QED) is 0.552. The van der Waals surface area contributed by atoms with Crippen LogP contribution in [-0.2, 0) is 5.41 Å². The number of aromatic nitrogens is 1. The van der Waals surface area contributed by atoms with E-state index in [9.17, 15) is 4.39 Å². The molecular weight excluding hydrogens is 343 g/mol. The summed E-state index contributed by atoms with van der Waals surface area (Å²) in [6, 6.07) is 16.4. The number of hydrogen-bond donors (Lipinski definition) is 1. The van der Waals surface area contributed by atoms with E-state index in [2.05, 4.69) is 10.1 Å². The number of halogens is 1. The molecule has 140 valence electrons. The molecule has 0 aliphatic carbocycles. The van der Waals surface area contributed by atoms with Gasteiger partial charge in [-0.25, -0.2) is 4.39 Å². The van der Waals surface area contributed by atoms with Gasteiger partial charge in [0.1, 0.15) is 11.6 Å². The van der Waals surface area contributed by atoms with Gasteiger partial charge in [-0.1, -0.05) is 47.6 Å². The average Bonchev–Trinajstić information content (AvgIpc) is 3.11. The molecule has 27 heavy (non-hydrogen) atoms. The smallest absolute Gasteiger partial charge is 0.198 e. The van der Waals surface area contributed by atoms with Gasteiger partial charge in [-0.15, -0.1) is 0 Å². The van der Waals surface area contributed by atoms with Crippen LogP contribution in [0.2, 0.25) is 0 Å². The van der Waals surface area contributed by atoms with Gasteiger partial charge in [0.2, 0.25) is 0 Å². The van der Waals surface area contributed by atoms with Gasteiger partial charge in [-0.05, 0) is 31.0 Å². The molecule has 6 heteroatoms. The molecule has 0 spiro atoms. The second kappa shape index (κ2) is 7.23. The van der Waals surface area contributed by atoms with Gasteiger partial charge in [-0.3, -0.25) is 0 Å². The Morgan fingerprint density at radius 2 is 1.81 bits per heavy atom. The first kappa shape index (κ1) is 18.6. The summed E-state index contributed by atoms with van der Waals surface area (Å²) in [6.45, 7) is 3.90. The van der Waals surface area contributed by atoms with Gasteiger partial charge in [-0.2, -0.15) is 4.99 Å². The highest BCUT2D eigenvalue weighted by Gasteiger charge is 2.29. The molecule has 0 aliphatic rings. The van der Waals surface area contributed by atoms with Crippen LogP contribution in [0.15, 0.2) is 64.1 Å². The van der Waals surface area contributed by atoms with E-state index in [0.29, 0.717) is 23.1 Å². The summed E-state index contributed by atoms with van der Waals surface area (Å²) in [5.74, 6) is 1.01. The average molecular weight is 366 g/mol. The Balaban J connectivity index is 1.93. The highest BCUT2D eigenvalue weighted by Crippen LogP contribution is 2.35. The number of nitrogens with two attached hydrogens (primary N) is 1. The molecule has 5 nitrogen and oxygen atoms in total. The fourth-order valence-electron chi connectivity index (χ4n) is 2.73. The lowest BCUT2D eigenvalue weighted by Gasteiger charge is -2.22. The monoisotopic (exact) mass is 366 g/mol. The molecule has 0 amide bonds. The number of benzene rings is 2. The minimum atomic E-state index is -0.580. The van der Waals surface area contributed by atoms with E-state index in [1.165, 1.54) is 0 Å². The summed E-state index contributed by atoms with van der Waals surface area (Å²) < 4.78 is 20.2. The molecule has 0 unspecified atom stereocenters. The largest absolute Gasteiger partial charge is 0.369 e. The van der Waals surface area contributed by atoms with E-state index < -0.39 is 5.41 Å². The van der Waals surface area contributed by atoms with Crippen molar-refractivity contribution in [1.29, 1.82) is 0 Å². The van der Waals surface area contributed by atoms with Crippen LogP contribution in [0.25, 0.3) is 11.1 Å². The Morgan fingerprint density at radius 3 is 2.44 bits per heavy atom. The fraction of sp³-hybridized carbons (Fsp3) is 0.238. The summed E-state index contributed by atoms with van der Waals surface area (Å²) >= 11 is 0. The minimum Gasteiger partial charge on any atom is -0.369 e. The zero-order valence-electron chi connectivity index (χ0n) is 15.9. The van der Waals surface area contributed by atoms with Crippen LogP contribution in [0.3, 0.4) is 0 Å². The fourth-order valence-corrected chi connectivity index (χ4v) is 2.73. The van der Waals surface area contributed by atoms with Crippen molar-refractivity contribution in [2.75, 3.05) is 14.1 Å². The van der Waals surface area contributed by atoms with Crippen LogP contribution in [0.1, 0.15) is 25.2 Å². The molecule has 1 heterocycles. The number of guanidine groups is 1. The molecule has 0 bridgehead atoms. The molecule has 0 aliphatic heterocycles. The zero-order chi connectivity index (χ0) is 19.6. The van der Waals surface area contributed by atoms with Crippen LogP contribution < -0.4 is 5.73 Å². The van der Waals surface area contributed by atoms with E-state index in [-0.39, 0.29) is 5.82 Å². The van der Waals surface area contributed by atoms with E-state index in [1.54, 1.807) is 37.2 Å². The normalized spacial score (nSPS) is 12.3. The van der Waals surface area contributed by atoms with E-state index in [0.717, 1.165) is 11.1 Å². The maximum Gasteiger partial charge on any atom is 0.198 e. The molecule has 0 saturated carbocycles. The van der Waals surface area contributed by atoms with Crippen molar-refractivity contribution in [3.05, 3.63) is 71.7 Å². The first-order valence-corrected chi connectivity index (χ1v) is 8.63. The zero-order valence-corrected chi connectivity index (χ0v) is 15.9. The predicted octanol–water partition coefficient (Wildman–Crippen LogP) is 4.31. The summed E-state index contributed by atoms with van der Waals surface area (Å²) in [4.78, 5) is 5.88. The molecule has 0 radical (unpaired) electrons. The standard InChI is InChI=1S/C21H23FN4O/c1-21(2,18-13-19(25-27-18)24-20(23)26(3)4)15-10-11-16(17(22)12-15)14-8-6-5-7-9-14/h5-13H,1-4H3,(H2,23,24,25). The van der Waals surface area contributed by atoms with Crippen molar-refractivity contribution in [2.24, 2.45) is 10.7 Å². The van der Waals surface area contributed by atoms with Gasteiger partial charge in [0.25, 0.3) is 0 Å². The molecule has 0 fully saturated rings. The SMILES string of the molecule is CN(C)C(N)=Nc1cc(C(C)(C)c2ccc(-c3ccccc3)c(F)c2)on1. The molecule has 3 rings (SSSR count). The molecule has 2 N–H and O–H groups in total. The topological polar surface area (TPSA) is 67.7 Å². The van der Waals surface area contributed by atoms with Gasteiger partial charge < -0.3 is 15.2 Å². The number of nitrogens with zero attached hydrogens (tertiary/aromatic N) is 3. The van der Waals surface area contributed by atoms with Crippen LogP contribution in [0.4, 0.5) is 10.2 Å². The summed E-state index contributed by atoms with van der Waals surface area (Å²) in [6.07, 6.45) is 0. The number of rotatable bonds is 4. The van der Waals surface area contributed by atoms with Crippen molar-refractivity contribution in [1.82, 2.24) is 10.1 Å². The summed E-state index contributed by atoms with van der Waals surface area (Å²) in [5, 5.41) is 3.96. The van der Waals surface area contributed by atoms with Crippen LogP contribution in [-0.4, -0.2) is 30.1 Å². The van der Waals surface area contributed by atoms with Gasteiger partial charge in [0, 0.05) is 25.7 Å². The van der Waals surface area contributed by atoms with E-state index in [1.807, 2.05) is 50.2 Å². The third-order valence-electron chi connectivity index (χ3n) is 4.58. The Kier molecular flexibility index (Phi) is 4.99. The Bertz CT molecular complexity index is 961. The third kappa shape index (κ3) is 3.84. The maximum absolute atomic E-state index is 14.8. The van der Waals surface area contributed by atoms with Crippen LogP contribution in [0.5, 0.6) is 0 Å². The second-order valence-electron chi connectivity index (χ2n) is 7.10. The molecule has 2 aromatic carbocycles. The minimum absolute atomic E-state index is 0.276. The summed E-state index contributed by atoms with van der Waals surface area (Å²) in [7, 11) is 3.58. The Hall–Kier alpha value is -3.15. The first-order valence-electron chi connectivity index (χ1n) is 8.63. The van der Waals surface area contributed by atoms with Gasteiger partial charge in [0.15, 0.2) is 11.8 Å².